The Morgan fingerprint density at radius 1 is 1.07 bits per heavy atom. The van der Waals surface area contributed by atoms with Crippen molar-refractivity contribution in [3.8, 4) is 11.4 Å². The number of hydrogen-bond acceptors (Lipinski definition) is 6. The summed E-state index contributed by atoms with van der Waals surface area (Å²) in [6, 6.07) is 10.4. The fraction of sp³-hybridized carbons (Fsp3) is 0.400. The van der Waals surface area contributed by atoms with Gasteiger partial charge in [0.2, 0.25) is 0 Å². The lowest BCUT2D eigenvalue weighted by molar-refractivity contribution is 0.202. The number of piperidine rings is 1. The smallest absolute Gasteiger partial charge is 0.177 e. The number of aromatic nitrogens is 6. The lowest BCUT2D eigenvalue weighted by atomic mass is 9.96. The summed E-state index contributed by atoms with van der Waals surface area (Å²) in [6.45, 7) is 5.38. The van der Waals surface area contributed by atoms with Crippen LogP contribution in [0.1, 0.15) is 34.3 Å². The second-order valence-electron chi connectivity index (χ2n) is 7.45. The Labute approximate surface area is 167 Å². The van der Waals surface area contributed by atoms with E-state index in [-0.39, 0.29) is 0 Å². The predicted molar refractivity (Wildman–Crippen MR) is 109 cm³/mol. The van der Waals surface area contributed by atoms with Gasteiger partial charge in [-0.3, -0.25) is 9.58 Å². The first-order valence-electron chi connectivity index (χ1n) is 9.66. The molecule has 1 aliphatic heterocycles. The Hall–Kier alpha value is -2.58. The summed E-state index contributed by atoms with van der Waals surface area (Å²) in [7, 11) is 1.93. The molecule has 0 atom stereocenters. The molecule has 5 heterocycles. The van der Waals surface area contributed by atoms with Crippen LogP contribution < -0.4 is 0 Å². The maximum absolute atomic E-state index is 4.82. The minimum Gasteiger partial charge on any atom is -0.298 e. The molecular formula is C20H23N7S. The van der Waals surface area contributed by atoms with E-state index in [0.717, 1.165) is 55.3 Å². The molecule has 1 aliphatic rings. The molecule has 0 bridgehead atoms. The molecule has 4 aromatic heterocycles. The first kappa shape index (κ1) is 17.5. The summed E-state index contributed by atoms with van der Waals surface area (Å²) < 4.78 is 3.76. The summed E-state index contributed by atoms with van der Waals surface area (Å²) in [6.07, 6.45) is 3.96. The van der Waals surface area contributed by atoms with Crippen molar-refractivity contribution in [1.29, 1.82) is 0 Å². The first-order valence-corrected chi connectivity index (χ1v) is 10.5. The molecule has 1 saturated heterocycles. The molecule has 28 heavy (non-hydrogen) atoms. The number of rotatable bonds is 4. The van der Waals surface area contributed by atoms with Gasteiger partial charge in [-0.25, -0.2) is 0 Å². The molecule has 0 aliphatic carbocycles. The van der Waals surface area contributed by atoms with E-state index in [1.54, 1.807) is 6.20 Å². The van der Waals surface area contributed by atoms with Crippen molar-refractivity contribution in [2.24, 2.45) is 7.05 Å². The Balaban J connectivity index is 1.34. The molecule has 4 aromatic rings. The molecule has 0 N–H and O–H groups in total. The summed E-state index contributed by atoms with van der Waals surface area (Å²) in [4.78, 5) is 5.38. The van der Waals surface area contributed by atoms with Crippen LogP contribution in [0.5, 0.6) is 0 Å². The van der Waals surface area contributed by atoms with Gasteiger partial charge in [-0.15, -0.1) is 21.5 Å². The monoisotopic (exact) mass is 393 g/mol. The average Bonchev–Trinajstić information content (AvgIpc) is 3.42. The fourth-order valence-corrected chi connectivity index (χ4v) is 4.89. The highest BCUT2D eigenvalue weighted by Gasteiger charge is 2.25. The standard InChI is InChI=1S/C20H23N7S/c1-14-3-4-16(28-14)13-26-11-8-15(9-12-26)20-23-22-19-6-5-17(24-27(19)20)18-7-10-21-25(18)2/h3-7,10,15H,8-9,11-13H2,1-2H3. The van der Waals surface area contributed by atoms with Crippen molar-refractivity contribution < 1.29 is 0 Å². The molecule has 0 saturated carbocycles. The van der Waals surface area contributed by atoms with Gasteiger partial charge >= 0.3 is 0 Å². The summed E-state index contributed by atoms with van der Waals surface area (Å²) in [5.74, 6) is 1.37. The second kappa shape index (κ2) is 7.10. The van der Waals surface area contributed by atoms with Crippen LogP contribution in [0, 0.1) is 6.92 Å². The molecular weight excluding hydrogens is 370 g/mol. The molecule has 0 unspecified atom stereocenters. The molecule has 0 aromatic carbocycles. The third-order valence-corrected chi connectivity index (χ3v) is 6.48. The van der Waals surface area contributed by atoms with E-state index in [1.807, 2.05) is 45.8 Å². The molecule has 5 rings (SSSR count). The second-order valence-corrected chi connectivity index (χ2v) is 8.82. The van der Waals surface area contributed by atoms with E-state index < -0.39 is 0 Å². The molecule has 0 spiro atoms. The van der Waals surface area contributed by atoms with Gasteiger partial charge in [-0.05, 0) is 63.2 Å². The van der Waals surface area contributed by atoms with Crippen LogP contribution in [0.25, 0.3) is 17.0 Å². The molecule has 144 valence electrons. The van der Waals surface area contributed by atoms with Crippen molar-refractivity contribution in [3.05, 3.63) is 52.1 Å². The molecule has 1 fully saturated rings. The van der Waals surface area contributed by atoms with E-state index in [0.29, 0.717) is 5.92 Å². The highest BCUT2D eigenvalue weighted by Crippen LogP contribution is 2.29. The number of fused-ring (bicyclic) bond motifs is 1. The predicted octanol–water partition coefficient (Wildman–Crippen LogP) is 3.27. The van der Waals surface area contributed by atoms with Gasteiger partial charge in [0.1, 0.15) is 5.69 Å². The van der Waals surface area contributed by atoms with Crippen LogP contribution in [-0.4, -0.2) is 47.6 Å². The van der Waals surface area contributed by atoms with Crippen molar-refractivity contribution >= 4 is 17.0 Å². The normalized spacial score (nSPS) is 16.2. The van der Waals surface area contributed by atoms with Crippen LogP contribution in [0.4, 0.5) is 0 Å². The van der Waals surface area contributed by atoms with Crippen molar-refractivity contribution in [2.45, 2.75) is 32.2 Å². The highest BCUT2D eigenvalue weighted by molar-refractivity contribution is 7.11. The van der Waals surface area contributed by atoms with Crippen LogP contribution in [0.2, 0.25) is 0 Å². The Morgan fingerprint density at radius 2 is 1.93 bits per heavy atom. The Kier molecular flexibility index (Phi) is 4.44. The van der Waals surface area contributed by atoms with Crippen molar-refractivity contribution in [2.75, 3.05) is 13.1 Å². The van der Waals surface area contributed by atoms with Crippen LogP contribution >= 0.6 is 11.3 Å². The maximum atomic E-state index is 4.82. The van der Waals surface area contributed by atoms with Crippen LogP contribution in [-0.2, 0) is 13.6 Å². The highest BCUT2D eigenvalue weighted by atomic mass is 32.1. The minimum absolute atomic E-state index is 0.394. The fourth-order valence-electron chi connectivity index (χ4n) is 3.96. The number of aryl methyl sites for hydroxylation is 2. The minimum atomic E-state index is 0.394. The number of thiophene rings is 1. The van der Waals surface area contributed by atoms with Crippen LogP contribution in [0.15, 0.2) is 36.5 Å². The number of nitrogens with zero attached hydrogens (tertiary/aromatic N) is 7. The van der Waals surface area contributed by atoms with Crippen LogP contribution in [0.3, 0.4) is 0 Å². The Bertz CT molecular complexity index is 1100. The summed E-state index contributed by atoms with van der Waals surface area (Å²) in [5, 5.41) is 17.9. The average molecular weight is 394 g/mol. The maximum Gasteiger partial charge on any atom is 0.177 e. The largest absolute Gasteiger partial charge is 0.298 e. The van der Waals surface area contributed by atoms with Crippen molar-refractivity contribution in [1.82, 2.24) is 34.5 Å². The lowest BCUT2D eigenvalue weighted by Gasteiger charge is -2.30. The third-order valence-electron chi connectivity index (χ3n) is 5.50. The van der Waals surface area contributed by atoms with Gasteiger partial charge in [-0.1, -0.05) is 0 Å². The van der Waals surface area contributed by atoms with E-state index in [2.05, 4.69) is 39.3 Å². The lowest BCUT2D eigenvalue weighted by Crippen LogP contribution is -2.32. The zero-order valence-corrected chi connectivity index (χ0v) is 16.9. The molecule has 0 radical (unpaired) electrons. The van der Waals surface area contributed by atoms with E-state index in [1.165, 1.54) is 9.75 Å². The number of hydrogen-bond donors (Lipinski definition) is 0. The van der Waals surface area contributed by atoms with Crippen molar-refractivity contribution in [3.63, 3.8) is 0 Å². The van der Waals surface area contributed by atoms with Gasteiger partial charge in [-0.2, -0.15) is 14.7 Å². The number of likely N-dealkylation sites (tertiary alicyclic amines) is 1. The Morgan fingerprint density at radius 3 is 2.64 bits per heavy atom. The summed E-state index contributed by atoms with van der Waals surface area (Å²) in [5.41, 5.74) is 2.68. The van der Waals surface area contributed by atoms with Gasteiger partial charge < -0.3 is 0 Å². The quantitative estimate of drug-likeness (QED) is 0.532. The molecule has 0 amide bonds. The topological polar surface area (TPSA) is 64.1 Å². The van der Waals surface area contributed by atoms with E-state index >= 15 is 0 Å². The van der Waals surface area contributed by atoms with E-state index in [9.17, 15) is 0 Å². The summed E-state index contributed by atoms with van der Waals surface area (Å²) >= 11 is 1.90. The first-order chi connectivity index (χ1) is 13.7. The zero-order valence-electron chi connectivity index (χ0n) is 16.1. The van der Waals surface area contributed by atoms with Gasteiger partial charge in [0.05, 0.1) is 5.69 Å². The molecule has 8 heteroatoms. The van der Waals surface area contributed by atoms with E-state index in [4.69, 9.17) is 5.10 Å². The zero-order chi connectivity index (χ0) is 19.1. The SMILES string of the molecule is Cc1ccc(CN2CCC(c3nnc4ccc(-c5ccnn5C)nn34)CC2)s1. The van der Waals surface area contributed by atoms with Gasteiger partial charge in [0, 0.05) is 35.5 Å². The van der Waals surface area contributed by atoms with Gasteiger partial charge in [0.15, 0.2) is 11.5 Å². The van der Waals surface area contributed by atoms with Gasteiger partial charge in [0.25, 0.3) is 0 Å². The third kappa shape index (κ3) is 3.22. The molecule has 7 nitrogen and oxygen atoms in total.